The predicted octanol–water partition coefficient (Wildman–Crippen LogP) is 2.24. The van der Waals surface area contributed by atoms with E-state index in [1.54, 1.807) is 4.90 Å². The van der Waals surface area contributed by atoms with Gasteiger partial charge in [0.25, 0.3) is 5.91 Å². The Morgan fingerprint density at radius 1 is 1.17 bits per heavy atom. The monoisotopic (exact) mass is 455 g/mol. The number of likely N-dealkylation sites (N-methyl/N-ethyl adjacent to an activating group) is 1. The largest absolute Gasteiger partial charge is 0.484 e. The van der Waals surface area contributed by atoms with Crippen LogP contribution in [-0.2, 0) is 14.6 Å². The Labute approximate surface area is 181 Å². The molecule has 1 aromatic heterocycles. The maximum Gasteiger partial charge on any atom is 0.260 e. The zero-order valence-corrected chi connectivity index (χ0v) is 18.0. The third kappa shape index (κ3) is 6.25. The maximum absolute atomic E-state index is 13.6. The first-order valence-electron chi connectivity index (χ1n) is 9.08. The van der Waals surface area contributed by atoms with Crippen molar-refractivity contribution in [2.75, 3.05) is 39.8 Å². The van der Waals surface area contributed by atoms with Crippen LogP contribution in [0.5, 0.6) is 5.75 Å². The van der Waals surface area contributed by atoms with E-state index in [1.807, 2.05) is 7.05 Å². The molecule has 0 aliphatic carbocycles. The molecular weight excluding hydrogens is 433 g/mol. The highest BCUT2D eigenvalue weighted by Crippen LogP contribution is 2.19. The van der Waals surface area contributed by atoms with Crippen LogP contribution in [0.25, 0.3) is 6.08 Å². The van der Waals surface area contributed by atoms with Gasteiger partial charge in [-0.2, -0.15) is 0 Å². The third-order valence-corrected chi connectivity index (χ3v) is 5.99. The smallest absolute Gasteiger partial charge is 0.260 e. The number of hydrogen-bond donors (Lipinski definition) is 0. The van der Waals surface area contributed by atoms with Gasteiger partial charge in [0.2, 0.25) is 0 Å². The second-order valence-corrected chi connectivity index (χ2v) is 8.50. The second kappa shape index (κ2) is 10.5. The molecule has 0 saturated carbocycles. The molecule has 1 aromatic carbocycles. The summed E-state index contributed by atoms with van der Waals surface area (Å²) in [7, 11) is -1.76. The van der Waals surface area contributed by atoms with Crippen LogP contribution < -0.4 is 4.74 Å². The number of pyridine rings is 1. The Morgan fingerprint density at radius 3 is 2.47 bits per heavy atom. The molecule has 1 fully saturated rings. The Bertz CT molecular complexity index is 991. The summed E-state index contributed by atoms with van der Waals surface area (Å²) >= 11 is 0. The van der Waals surface area contributed by atoms with Crippen LogP contribution in [-0.4, -0.2) is 68.9 Å². The molecule has 7 nitrogen and oxygen atoms in total. The van der Waals surface area contributed by atoms with Crippen LogP contribution in [0.2, 0.25) is 0 Å². The number of amides is 1. The van der Waals surface area contributed by atoms with Crippen LogP contribution >= 0.6 is 12.4 Å². The van der Waals surface area contributed by atoms with Gasteiger partial charge < -0.3 is 14.5 Å². The first-order chi connectivity index (χ1) is 13.8. The summed E-state index contributed by atoms with van der Waals surface area (Å²) in [4.78, 5) is 19.9. The summed E-state index contributed by atoms with van der Waals surface area (Å²) in [6, 6.07) is 8.36. The van der Waals surface area contributed by atoms with E-state index in [0.29, 0.717) is 18.8 Å². The van der Waals surface area contributed by atoms with Gasteiger partial charge >= 0.3 is 0 Å². The van der Waals surface area contributed by atoms with Gasteiger partial charge in [-0.05, 0) is 49.5 Å². The molecule has 0 atom stereocenters. The van der Waals surface area contributed by atoms with E-state index in [2.05, 4.69) is 9.88 Å². The molecule has 0 bridgehead atoms. The normalized spacial score (nSPS) is 15.1. The van der Waals surface area contributed by atoms with Gasteiger partial charge in [-0.1, -0.05) is 0 Å². The summed E-state index contributed by atoms with van der Waals surface area (Å²) in [6.45, 7) is 2.88. The minimum Gasteiger partial charge on any atom is -0.484 e. The molecule has 30 heavy (non-hydrogen) atoms. The SMILES string of the molecule is CN1CCN(C(=O)COc2ccc(S(=O)(=O)C=Cc3ncccc3F)cc2)CC1.Cl. The first kappa shape index (κ1) is 23.8. The van der Waals surface area contributed by atoms with Gasteiger partial charge in [-0.15, -0.1) is 12.4 Å². The van der Waals surface area contributed by atoms with Gasteiger partial charge in [0.05, 0.1) is 10.6 Å². The van der Waals surface area contributed by atoms with E-state index in [4.69, 9.17) is 4.74 Å². The molecule has 3 rings (SSSR count). The highest BCUT2D eigenvalue weighted by molar-refractivity contribution is 7.94. The Balaban J connectivity index is 0.00000320. The molecular formula is C20H23ClFN3O4S. The fourth-order valence-electron chi connectivity index (χ4n) is 2.77. The molecule has 1 amide bonds. The van der Waals surface area contributed by atoms with Gasteiger partial charge in [-0.3, -0.25) is 9.78 Å². The number of carbonyl (C=O) groups is 1. The summed E-state index contributed by atoms with van der Waals surface area (Å²) in [5.74, 6) is -0.311. The number of piperazine rings is 1. The first-order valence-corrected chi connectivity index (χ1v) is 10.6. The minimum absolute atomic E-state index is 0. The standard InChI is InChI=1S/C20H22FN3O4S.ClH/c1-23-10-12-24(13-11-23)20(25)15-28-16-4-6-17(7-5-16)29(26,27)14-8-19-18(21)3-2-9-22-19;/h2-9,14H,10-13,15H2,1H3;1H. The number of halogens is 2. The fourth-order valence-corrected chi connectivity index (χ4v) is 3.75. The number of benzene rings is 1. The van der Waals surface area contributed by atoms with Crippen LogP contribution in [0.1, 0.15) is 5.69 Å². The lowest BCUT2D eigenvalue weighted by Gasteiger charge is -2.32. The summed E-state index contributed by atoms with van der Waals surface area (Å²) in [6.07, 6.45) is 2.49. The van der Waals surface area contributed by atoms with E-state index in [-0.39, 0.29) is 35.5 Å². The van der Waals surface area contributed by atoms with E-state index in [0.717, 1.165) is 24.6 Å². The lowest BCUT2D eigenvalue weighted by molar-refractivity contribution is -0.134. The van der Waals surface area contributed by atoms with Crippen molar-refractivity contribution in [1.29, 1.82) is 0 Å². The lowest BCUT2D eigenvalue weighted by atomic mass is 10.3. The Morgan fingerprint density at radius 2 is 1.83 bits per heavy atom. The molecule has 1 saturated heterocycles. The maximum atomic E-state index is 13.6. The van der Waals surface area contributed by atoms with E-state index >= 15 is 0 Å². The zero-order chi connectivity index (χ0) is 20.9. The molecule has 0 unspecified atom stereocenters. The van der Waals surface area contributed by atoms with Crippen molar-refractivity contribution >= 4 is 34.2 Å². The summed E-state index contributed by atoms with van der Waals surface area (Å²) < 4.78 is 43.8. The van der Waals surface area contributed by atoms with Crippen molar-refractivity contribution in [1.82, 2.24) is 14.8 Å². The van der Waals surface area contributed by atoms with Crippen LogP contribution in [0.4, 0.5) is 4.39 Å². The van der Waals surface area contributed by atoms with E-state index < -0.39 is 15.7 Å². The minimum atomic E-state index is -3.77. The number of ether oxygens (including phenoxy) is 1. The zero-order valence-electron chi connectivity index (χ0n) is 16.4. The highest BCUT2D eigenvalue weighted by Gasteiger charge is 2.19. The average Bonchev–Trinajstić information content (AvgIpc) is 2.72. The van der Waals surface area contributed by atoms with Crippen molar-refractivity contribution in [3.63, 3.8) is 0 Å². The van der Waals surface area contributed by atoms with Crippen LogP contribution in [0, 0.1) is 5.82 Å². The van der Waals surface area contributed by atoms with Gasteiger partial charge in [0.15, 0.2) is 16.4 Å². The number of aromatic nitrogens is 1. The molecule has 2 heterocycles. The highest BCUT2D eigenvalue weighted by atomic mass is 35.5. The summed E-state index contributed by atoms with van der Waals surface area (Å²) in [5.41, 5.74) is -0.0570. The summed E-state index contributed by atoms with van der Waals surface area (Å²) in [5, 5.41) is 0.908. The molecule has 1 aliphatic heterocycles. The van der Waals surface area contributed by atoms with E-state index in [9.17, 15) is 17.6 Å². The molecule has 1 aliphatic rings. The quantitative estimate of drug-likeness (QED) is 0.664. The van der Waals surface area contributed by atoms with E-state index in [1.165, 1.54) is 42.6 Å². The number of rotatable bonds is 6. The van der Waals surface area contributed by atoms with Gasteiger partial charge in [-0.25, -0.2) is 12.8 Å². The second-order valence-electron chi connectivity index (χ2n) is 6.66. The van der Waals surface area contributed by atoms with Gasteiger partial charge in [0, 0.05) is 37.8 Å². The topological polar surface area (TPSA) is 79.8 Å². The van der Waals surface area contributed by atoms with Crippen LogP contribution in [0.15, 0.2) is 52.9 Å². The average molecular weight is 456 g/mol. The predicted molar refractivity (Wildman–Crippen MR) is 114 cm³/mol. The molecule has 0 spiro atoms. The number of hydrogen-bond acceptors (Lipinski definition) is 6. The van der Waals surface area contributed by atoms with Crippen molar-refractivity contribution in [2.24, 2.45) is 0 Å². The number of nitrogens with zero attached hydrogens (tertiary/aromatic N) is 3. The van der Waals surface area contributed by atoms with Crippen molar-refractivity contribution in [2.45, 2.75) is 4.90 Å². The van der Waals surface area contributed by atoms with Crippen LogP contribution in [0.3, 0.4) is 0 Å². The molecule has 2 aromatic rings. The number of sulfone groups is 1. The van der Waals surface area contributed by atoms with Crippen molar-refractivity contribution in [3.8, 4) is 5.75 Å². The lowest BCUT2D eigenvalue weighted by Crippen LogP contribution is -2.48. The fraction of sp³-hybridized carbons (Fsp3) is 0.300. The van der Waals surface area contributed by atoms with Crippen molar-refractivity contribution < 1.29 is 22.3 Å². The van der Waals surface area contributed by atoms with Gasteiger partial charge in [0.1, 0.15) is 11.6 Å². The molecule has 0 radical (unpaired) electrons. The van der Waals surface area contributed by atoms with Crippen molar-refractivity contribution in [3.05, 3.63) is 59.5 Å². The number of carbonyl (C=O) groups excluding carboxylic acids is 1. The Kier molecular flexibility index (Phi) is 8.33. The third-order valence-electron chi connectivity index (χ3n) is 4.56. The molecule has 0 N–H and O–H groups in total. The molecule has 10 heteroatoms. The Hall–Kier alpha value is -2.49. The molecule has 162 valence electrons.